The van der Waals surface area contributed by atoms with Crippen molar-refractivity contribution in [1.82, 2.24) is 10.6 Å². The van der Waals surface area contributed by atoms with Crippen LogP contribution in [0, 0.1) is 5.92 Å². The maximum absolute atomic E-state index is 11.6. The Morgan fingerprint density at radius 2 is 2.17 bits per heavy atom. The predicted molar refractivity (Wildman–Crippen MR) is 69.4 cm³/mol. The van der Waals surface area contributed by atoms with Crippen molar-refractivity contribution in [2.45, 2.75) is 64.5 Å². The molecule has 3 atom stereocenters. The molecule has 0 bridgehead atoms. The largest absolute Gasteiger partial charge is 0.481 e. The van der Waals surface area contributed by atoms with Gasteiger partial charge in [-0.2, -0.15) is 0 Å². The minimum Gasteiger partial charge on any atom is -0.481 e. The Labute approximate surface area is 108 Å². The molecule has 1 fully saturated rings. The van der Waals surface area contributed by atoms with Crippen molar-refractivity contribution in [2.75, 3.05) is 0 Å². The van der Waals surface area contributed by atoms with Gasteiger partial charge in [0.2, 0.25) is 0 Å². The molecule has 3 unspecified atom stereocenters. The molecule has 104 valence electrons. The molecule has 1 rings (SSSR count). The third kappa shape index (κ3) is 5.89. The lowest BCUT2D eigenvalue weighted by Gasteiger charge is -2.14. The first-order valence-corrected chi connectivity index (χ1v) is 6.81. The molecule has 5 nitrogen and oxygen atoms in total. The zero-order chi connectivity index (χ0) is 13.5. The number of hydrogen-bond acceptors (Lipinski definition) is 2. The number of urea groups is 1. The summed E-state index contributed by atoms with van der Waals surface area (Å²) in [5.74, 6) is -0.130. The fourth-order valence-electron chi connectivity index (χ4n) is 2.18. The zero-order valence-corrected chi connectivity index (χ0v) is 11.2. The molecule has 1 aliphatic rings. The smallest absolute Gasteiger partial charge is 0.315 e. The van der Waals surface area contributed by atoms with Crippen molar-refractivity contribution in [3.8, 4) is 0 Å². The molecule has 5 heteroatoms. The number of carboxylic acids is 1. The van der Waals surface area contributed by atoms with Gasteiger partial charge in [-0.3, -0.25) is 4.79 Å². The molecule has 1 aliphatic carbocycles. The first-order chi connectivity index (χ1) is 8.52. The van der Waals surface area contributed by atoms with Crippen LogP contribution >= 0.6 is 0 Å². The van der Waals surface area contributed by atoms with Gasteiger partial charge in [0.1, 0.15) is 0 Å². The van der Waals surface area contributed by atoms with Crippen LogP contribution in [0.25, 0.3) is 0 Å². The summed E-state index contributed by atoms with van der Waals surface area (Å²) in [6, 6.07) is 0.241. The number of aliphatic carboxylic acids is 1. The van der Waals surface area contributed by atoms with Crippen LogP contribution in [-0.2, 0) is 4.79 Å². The second kappa shape index (κ2) is 7.24. The van der Waals surface area contributed by atoms with E-state index < -0.39 is 5.97 Å². The Hall–Kier alpha value is -1.26. The van der Waals surface area contributed by atoms with Gasteiger partial charge in [0, 0.05) is 18.5 Å². The van der Waals surface area contributed by atoms with Crippen LogP contribution in [-0.4, -0.2) is 29.2 Å². The van der Waals surface area contributed by atoms with E-state index in [0.29, 0.717) is 24.8 Å². The van der Waals surface area contributed by atoms with Gasteiger partial charge in [0.15, 0.2) is 0 Å². The highest BCUT2D eigenvalue weighted by Gasteiger charge is 2.37. The molecule has 18 heavy (non-hydrogen) atoms. The molecule has 0 spiro atoms. The number of carboxylic acid groups (broad SMARTS) is 1. The highest BCUT2D eigenvalue weighted by atomic mass is 16.4. The number of carbonyl (C=O) groups excluding carboxylic acids is 1. The van der Waals surface area contributed by atoms with Crippen LogP contribution < -0.4 is 10.6 Å². The molecule has 0 aromatic carbocycles. The molecule has 3 N–H and O–H groups in total. The Balaban J connectivity index is 2.07. The van der Waals surface area contributed by atoms with Gasteiger partial charge in [-0.15, -0.1) is 0 Å². The molecular weight excluding hydrogens is 232 g/mol. The Morgan fingerprint density at radius 1 is 1.44 bits per heavy atom. The summed E-state index contributed by atoms with van der Waals surface area (Å²) < 4.78 is 0. The van der Waals surface area contributed by atoms with E-state index in [9.17, 15) is 9.59 Å². The monoisotopic (exact) mass is 256 g/mol. The second-order valence-corrected chi connectivity index (χ2v) is 5.20. The lowest BCUT2D eigenvalue weighted by atomic mass is 10.1. The fourth-order valence-corrected chi connectivity index (χ4v) is 2.18. The lowest BCUT2D eigenvalue weighted by Crippen LogP contribution is -2.42. The highest BCUT2D eigenvalue weighted by Crippen LogP contribution is 2.34. The molecule has 0 heterocycles. The summed E-state index contributed by atoms with van der Waals surface area (Å²) >= 11 is 0. The molecule has 1 saturated carbocycles. The molecule has 0 saturated heterocycles. The molecule has 0 aromatic rings. The van der Waals surface area contributed by atoms with E-state index in [0.717, 1.165) is 12.8 Å². The fraction of sp³-hybridized carbons (Fsp3) is 0.846. The van der Waals surface area contributed by atoms with Crippen molar-refractivity contribution in [3.63, 3.8) is 0 Å². The van der Waals surface area contributed by atoms with Gasteiger partial charge < -0.3 is 15.7 Å². The van der Waals surface area contributed by atoms with E-state index in [-0.39, 0.29) is 18.5 Å². The van der Waals surface area contributed by atoms with Crippen LogP contribution in [0.15, 0.2) is 0 Å². The maximum Gasteiger partial charge on any atom is 0.315 e. The number of rotatable bonds is 8. The summed E-state index contributed by atoms with van der Waals surface area (Å²) in [5, 5.41) is 14.3. The van der Waals surface area contributed by atoms with Crippen LogP contribution in [0.1, 0.15) is 52.4 Å². The van der Waals surface area contributed by atoms with Gasteiger partial charge in [-0.25, -0.2) is 4.79 Å². The molecule has 0 aromatic heterocycles. The van der Waals surface area contributed by atoms with E-state index in [2.05, 4.69) is 17.6 Å². The number of carbonyl (C=O) groups is 2. The predicted octanol–water partition coefficient (Wildman–Crippen LogP) is 2.12. The summed E-state index contributed by atoms with van der Waals surface area (Å²) in [5.41, 5.74) is 0. The van der Waals surface area contributed by atoms with Crippen LogP contribution in [0.2, 0.25) is 0 Å². The third-order valence-corrected chi connectivity index (χ3v) is 3.30. The average Bonchev–Trinajstić information content (AvgIpc) is 2.95. The highest BCUT2D eigenvalue weighted by molar-refractivity contribution is 5.75. The lowest BCUT2D eigenvalue weighted by molar-refractivity contribution is -0.137. The normalized spacial score (nSPS) is 23.2. The number of hydrogen-bond donors (Lipinski definition) is 3. The zero-order valence-electron chi connectivity index (χ0n) is 11.2. The van der Waals surface area contributed by atoms with Gasteiger partial charge in [0.05, 0.1) is 0 Å². The summed E-state index contributed by atoms with van der Waals surface area (Å²) in [7, 11) is 0. The van der Waals surface area contributed by atoms with Crippen molar-refractivity contribution in [3.05, 3.63) is 0 Å². The van der Waals surface area contributed by atoms with Crippen molar-refractivity contribution in [1.29, 1.82) is 0 Å². The van der Waals surface area contributed by atoms with E-state index in [1.807, 2.05) is 6.92 Å². The first-order valence-electron chi connectivity index (χ1n) is 6.81. The Morgan fingerprint density at radius 3 is 2.78 bits per heavy atom. The maximum atomic E-state index is 11.6. The van der Waals surface area contributed by atoms with Crippen LogP contribution in [0.4, 0.5) is 4.79 Å². The Bertz CT molecular complexity index is 294. The second-order valence-electron chi connectivity index (χ2n) is 5.20. The topological polar surface area (TPSA) is 78.4 Å². The summed E-state index contributed by atoms with van der Waals surface area (Å²) in [6.07, 6.45) is 4.89. The van der Waals surface area contributed by atoms with Crippen molar-refractivity contribution < 1.29 is 14.7 Å². The van der Waals surface area contributed by atoms with Gasteiger partial charge in [-0.1, -0.05) is 13.3 Å². The average molecular weight is 256 g/mol. The Kier molecular flexibility index (Phi) is 5.95. The van der Waals surface area contributed by atoms with E-state index >= 15 is 0 Å². The van der Waals surface area contributed by atoms with Gasteiger partial charge in [-0.05, 0) is 38.5 Å². The van der Waals surface area contributed by atoms with E-state index in [4.69, 9.17) is 5.11 Å². The molecule has 0 radical (unpaired) electrons. The minimum absolute atomic E-state index is 0.0210. The van der Waals surface area contributed by atoms with Crippen molar-refractivity contribution >= 4 is 12.0 Å². The van der Waals surface area contributed by atoms with Crippen molar-refractivity contribution in [2.24, 2.45) is 5.92 Å². The number of amides is 2. The summed E-state index contributed by atoms with van der Waals surface area (Å²) in [4.78, 5) is 22.0. The molecule has 0 aliphatic heterocycles. The quantitative estimate of drug-likeness (QED) is 0.622. The van der Waals surface area contributed by atoms with E-state index in [1.165, 1.54) is 6.42 Å². The van der Waals surface area contributed by atoms with Gasteiger partial charge >= 0.3 is 12.0 Å². The molecule has 2 amide bonds. The standard InChI is InChI=1S/C13H24N2O3/c1-3-5-10-8-11(10)15-13(18)14-9(2)6-4-7-12(16)17/h9-11H,3-8H2,1-2H3,(H,16,17)(H2,14,15,18). The first kappa shape index (κ1) is 14.8. The number of nitrogens with one attached hydrogen (secondary N) is 2. The molecular formula is C13H24N2O3. The van der Waals surface area contributed by atoms with Crippen LogP contribution in [0.5, 0.6) is 0 Å². The minimum atomic E-state index is -0.785. The van der Waals surface area contributed by atoms with Crippen LogP contribution in [0.3, 0.4) is 0 Å². The SMILES string of the molecule is CCCC1CC1NC(=O)NC(C)CCCC(=O)O. The van der Waals surface area contributed by atoms with Gasteiger partial charge in [0.25, 0.3) is 0 Å². The van der Waals surface area contributed by atoms with E-state index in [1.54, 1.807) is 0 Å². The summed E-state index contributed by atoms with van der Waals surface area (Å²) in [6.45, 7) is 4.05. The third-order valence-electron chi connectivity index (χ3n) is 3.30.